The van der Waals surface area contributed by atoms with E-state index in [0.29, 0.717) is 12.2 Å². The molecule has 0 aliphatic rings. The molecule has 0 saturated carbocycles. The SMILES string of the molecule is C=CCCCCCCCCCn1c(=O)c2nccnc2n(C)c1=O. The summed E-state index contributed by atoms with van der Waals surface area (Å²) in [5.41, 5.74) is -0.0758. The Morgan fingerprint density at radius 3 is 2.33 bits per heavy atom. The number of allylic oxidation sites excluding steroid dienone is 1. The molecule has 2 heterocycles. The summed E-state index contributed by atoms with van der Waals surface area (Å²) >= 11 is 0. The number of aromatic nitrogens is 4. The van der Waals surface area contributed by atoms with Crippen molar-refractivity contribution in [3.05, 3.63) is 45.9 Å². The molecule has 0 radical (unpaired) electrons. The fraction of sp³-hybridized carbons (Fsp3) is 0.556. The first-order valence-corrected chi connectivity index (χ1v) is 8.68. The Morgan fingerprint density at radius 2 is 1.62 bits per heavy atom. The van der Waals surface area contributed by atoms with Gasteiger partial charge in [0, 0.05) is 26.0 Å². The molecular weight excluding hydrogens is 304 g/mol. The molecule has 2 aromatic rings. The standard InChI is InChI=1S/C18H26N4O2/c1-3-4-5-6-7-8-9-10-11-14-22-17(23)15-16(20-13-12-19-15)21(2)18(22)24/h3,12-13H,1,4-11,14H2,2H3. The van der Waals surface area contributed by atoms with Crippen LogP contribution in [-0.4, -0.2) is 19.1 Å². The zero-order valence-electron chi connectivity index (χ0n) is 14.4. The van der Waals surface area contributed by atoms with Gasteiger partial charge in [-0.15, -0.1) is 6.58 Å². The second kappa shape index (κ2) is 9.15. The molecule has 130 valence electrons. The van der Waals surface area contributed by atoms with Gasteiger partial charge in [0.25, 0.3) is 5.56 Å². The van der Waals surface area contributed by atoms with Crippen molar-refractivity contribution in [3.63, 3.8) is 0 Å². The van der Waals surface area contributed by atoms with E-state index in [4.69, 9.17) is 0 Å². The number of unbranched alkanes of at least 4 members (excludes halogenated alkanes) is 7. The lowest BCUT2D eigenvalue weighted by Crippen LogP contribution is -2.39. The van der Waals surface area contributed by atoms with Crippen molar-refractivity contribution in [1.82, 2.24) is 19.1 Å². The zero-order valence-corrected chi connectivity index (χ0v) is 14.4. The van der Waals surface area contributed by atoms with Gasteiger partial charge in [0.05, 0.1) is 0 Å². The van der Waals surface area contributed by atoms with Crippen molar-refractivity contribution in [2.45, 2.75) is 57.9 Å². The molecule has 6 heteroatoms. The molecule has 0 aliphatic carbocycles. The minimum Gasteiger partial charge on any atom is -0.279 e. The third-order valence-electron chi connectivity index (χ3n) is 4.25. The number of hydrogen-bond donors (Lipinski definition) is 0. The third-order valence-corrected chi connectivity index (χ3v) is 4.25. The second-order valence-electron chi connectivity index (χ2n) is 6.08. The van der Waals surface area contributed by atoms with Crippen molar-refractivity contribution in [3.8, 4) is 0 Å². The third kappa shape index (κ3) is 4.40. The summed E-state index contributed by atoms with van der Waals surface area (Å²) in [6, 6.07) is 0. The molecule has 0 spiro atoms. The Labute approximate surface area is 141 Å². The molecule has 2 aromatic heterocycles. The molecule has 0 bridgehead atoms. The summed E-state index contributed by atoms with van der Waals surface area (Å²) in [6.07, 6.45) is 13.9. The lowest BCUT2D eigenvalue weighted by Gasteiger charge is -2.09. The normalized spacial score (nSPS) is 11.0. The Morgan fingerprint density at radius 1 is 1.00 bits per heavy atom. The van der Waals surface area contributed by atoms with E-state index >= 15 is 0 Å². The van der Waals surface area contributed by atoms with E-state index in [-0.39, 0.29) is 16.8 Å². The Kier molecular flexibility index (Phi) is 6.90. The van der Waals surface area contributed by atoms with E-state index in [9.17, 15) is 9.59 Å². The fourth-order valence-corrected chi connectivity index (χ4v) is 2.85. The molecule has 0 aromatic carbocycles. The second-order valence-corrected chi connectivity index (χ2v) is 6.08. The highest BCUT2D eigenvalue weighted by Crippen LogP contribution is 2.09. The maximum Gasteiger partial charge on any atom is 0.332 e. The van der Waals surface area contributed by atoms with Gasteiger partial charge in [0.2, 0.25) is 0 Å². The molecule has 0 atom stereocenters. The van der Waals surface area contributed by atoms with Crippen LogP contribution in [-0.2, 0) is 13.6 Å². The fourth-order valence-electron chi connectivity index (χ4n) is 2.85. The van der Waals surface area contributed by atoms with Gasteiger partial charge in [-0.1, -0.05) is 38.2 Å². The predicted octanol–water partition coefficient (Wildman–Crippen LogP) is 2.80. The number of hydrogen-bond acceptors (Lipinski definition) is 4. The van der Waals surface area contributed by atoms with Crippen LogP contribution in [0.3, 0.4) is 0 Å². The molecule has 0 aliphatic heterocycles. The van der Waals surface area contributed by atoms with Crippen LogP contribution in [0.2, 0.25) is 0 Å². The van der Waals surface area contributed by atoms with E-state index in [1.807, 2.05) is 6.08 Å². The lowest BCUT2D eigenvalue weighted by atomic mass is 10.1. The molecule has 6 nitrogen and oxygen atoms in total. The van der Waals surface area contributed by atoms with Crippen molar-refractivity contribution in [1.29, 1.82) is 0 Å². The van der Waals surface area contributed by atoms with Crippen LogP contribution in [0.5, 0.6) is 0 Å². The first-order valence-electron chi connectivity index (χ1n) is 8.68. The number of aryl methyl sites for hydroxylation is 1. The molecule has 0 unspecified atom stereocenters. The molecule has 2 rings (SSSR count). The number of rotatable bonds is 10. The van der Waals surface area contributed by atoms with Gasteiger partial charge < -0.3 is 0 Å². The van der Waals surface area contributed by atoms with Gasteiger partial charge in [-0.05, 0) is 19.3 Å². The van der Waals surface area contributed by atoms with Crippen molar-refractivity contribution >= 4 is 11.2 Å². The molecule has 0 fully saturated rings. The van der Waals surface area contributed by atoms with Gasteiger partial charge in [0.15, 0.2) is 11.2 Å². The average Bonchev–Trinajstić information content (AvgIpc) is 2.61. The molecule has 24 heavy (non-hydrogen) atoms. The van der Waals surface area contributed by atoms with Gasteiger partial charge in [0.1, 0.15) is 0 Å². The average molecular weight is 330 g/mol. The van der Waals surface area contributed by atoms with Crippen molar-refractivity contribution in [2.24, 2.45) is 7.05 Å². The maximum absolute atomic E-state index is 12.4. The van der Waals surface area contributed by atoms with E-state index < -0.39 is 0 Å². The largest absolute Gasteiger partial charge is 0.332 e. The van der Waals surface area contributed by atoms with E-state index in [0.717, 1.165) is 25.7 Å². The van der Waals surface area contributed by atoms with E-state index in [2.05, 4.69) is 16.5 Å². The summed E-state index contributed by atoms with van der Waals surface area (Å²) < 4.78 is 2.67. The molecule has 0 saturated heterocycles. The van der Waals surface area contributed by atoms with Crippen LogP contribution >= 0.6 is 0 Å². The number of fused-ring (bicyclic) bond motifs is 1. The highest BCUT2D eigenvalue weighted by molar-refractivity contribution is 5.67. The summed E-state index contributed by atoms with van der Waals surface area (Å²) in [4.78, 5) is 32.9. The Balaban J connectivity index is 1.88. The predicted molar refractivity (Wildman–Crippen MR) is 96.2 cm³/mol. The Bertz CT molecular complexity index is 792. The summed E-state index contributed by atoms with van der Waals surface area (Å²) in [6.45, 7) is 4.16. The van der Waals surface area contributed by atoms with Gasteiger partial charge >= 0.3 is 5.69 Å². The van der Waals surface area contributed by atoms with Gasteiger partial charge in [-0.2, -0.15) is 0 Å². The van der Waals surface area contributed by atoms with Gasteiger partial charge in [-0.25, -0.2) is 14.8 Å². The Hall–Kier alpha value is -2.24. The van der Waals surface area contributed by atoms with Crippen LogP contribution in [0.25, 0.3) is 11.2 Å². The van der Waals surface area contributed by atoms with Gasteiger partial charge in [-0.3, -0.25) is 13.9 Å². The highest BCUT2D eigenvalue weighted by atomic mass is 16.2. The van der Waals surface area contributed by atoms with E-state index in [1.165, 1.54) is 47.2 Å². The van der Waals surface area contributed by atoms with Crippen LogP contribution in [0.4, 0.5) is 0 Å². The maximum atomic E-state index is 12.4. The van der Waals surface area contributed by atoms with Crippen LogP contribution < -0.4 is 11.2 Å². The summed E-state index contributed by atoms with van der Waals surface area (Å²) in [5, 5.41) is 0. The van der Waals surface area contributed by atoms with Crippen LogP contribution in [0.15, 0.2) is 34.6 Å². The summed E-state index contributed by atoms with van der Waals surface area (Å²) in [5.74, 6) is 0. The van der Waals surface area contributed by atoms with Crippen molar-refractivity contribution in [2.75, 3.05) is 0 Å². The molecular formula is C18H26N4O2. The first-order chi connectivity index (χ1) is 11.7. The van der Waals surface area contributed by atoms with Crippen molar-refractivity contribution < 1.29 is 0 Å². The lowest BCUT2D eigenvalue weighted by molar-refractivity contribution is 0.520. The molecule has 0 N–H and O–H groups in total. The number of nitrogens with zero attached hydrogens (tertiary/aromatic N) is 4. The highest BCUT2D eigenvalue weighted by Gasteiger charge is 2.12. The molecule has 0 amide bonds. The van der Waals surface area contributed by atoms with E-state index in [1.54, 1.807) is 7.05 Å². The van der Waals surface area contributed by atoms with Crippen LogP contribution in [0.1, 0.15) is 51.4 Å². The monoisotopic (exact) mass is 330 g/mol. The minimum atomic E-state index is -0.342. The first kappa shape index (κ1) is 18.1. The minimum absolute atomic E-state index is 0.252. The van der Waals surface area contributed by atoms with Crippen LogP contribution in [0, 0.1) is 0 Å². The zero-order chi connectivity index (χ0) is 17.4. The smallest absolute Gasteiger partial charge is 0.279 e. The quantitative estimate of drug-likeness (QED) is 0.496. The summed E-state index contributed by atoms with van der Waals surface area (Å²) in [7, 11) is 1.62. The topological polar surface area (TPSA) is 69.8 Å².